The fourth-order valence-electron chi connectivity index (χ4n) is 2.87. The number of aromatic nitrogens is 1. The zero-order valence-electron chi connectivity index (χ0n) is 13.2. The number of ketones is 1. The van der Waals surface area contributed by atoms with E-state index < -0.39 is 16.0 Å². The minimum atomic E-state index is -3.85. The molecule has 126 valence electrons. The minimum absolute atomic E-state index is 0.0476. The fraction of sp³-hybridized carbons (Fsp3) is 0.294. The number of carbonyl (C=O) groups is 2. The van der Waals surface area contributed by atoms with Crippen molar-refractivity contribution in [2.75, 3.05) is 6.61 Å². The van der Waals surface area contributed by atoms with Gasteiger partial charge in [-0.3, -0.25) is 4.79 Å². The van der Waals surface area contributed by atoms with Gasteiger partial charge in [0.2, 0.25) is 10.0 Å². The maximum Gasteiger partial charge on any atom is 0.356 e. The lowest BCUT2D eigenvalue weighted by molar-refractivity contribution is 0.0516. The topological polar surface area (TPSA) is 82.4 Å². The van der Waals surface area contributed by atoms with E-state index in [1.807, 2.05) is 0 Å². The van der Waals surface area contributed by atoms with Gasteiger partial charge in [-0.25, -0.2) is 17.2 Å². The Morgan fingerprint density at radius 1 is 1.21 bits per heavy atom. The molecule has 1 heterocycles. The average Bonchev–Trinajstić information content (AvgIpc) is 3.09. The number of hydrogen-bond acceptors (Lipinski definition) is 5. The van der Waals surface area contributed by atoms with E-state index in [0.29, 0.717) is 23.1 Å². The summed E-state index contributed by atoms with van der Waals surface area (Å²) in [5.41, 5.74) is 1.32. The van der Waals surface area contributed by atoms with Gasteiger partial charge in [-0.2, -0.15) is 0 Å². The summed E-state index contributed by atoms with van der Waals surface area (Å²) in [5.74, 6) is -1.13. The van der Waals surface area contributed by atoms with Crippen molar-refractivity contribution in [3.8, 4) is 0 Å². The molecular weight excluding hydrogens is 330 g/mol. The van der Waals surface area contributed by atoms with Crippen molar-refractivity contribution in [3.05, 3.63) is 58.9 Å². The fourth-order valence-corrected chi connectivity index (χ4v) is 4.35. The van der Waals surface area contributed by atoms with Gasteiger partial charge in [0.25, 0.3) is 0 Å². The van der Waals surface area contributed by atoms with E-state index in [0.717, 1.165) is 3.97 Å². The summed E-state index contributed by atoms with van der Waals surface area (Å²) < 4.78 is 31.5. The molecule has 0 N–H and O–H groups in total. The van der Waals surface area contributed by atoms with E-state index in [1.54, 1.807) is 37.3 Å². The number of carbonyl (C=O) groups excluding carboxylic acids is 2. The zero-order valence-corrected chi connectivity index (χ0v) is 14.0. The van der Waals surface area contributed by atoms with Gasteiger partial charge in [-0.05, 0) is 24.5 Å². The van der Waals surface area contributed by atoms with Gasteiger partial charge < -0.3 is 4.74 Å². The lowest BCUT2D eigenvalue weighted by Gasteiger charge is -2.11. The van der Waals surface area contributed by atoms with Crippen molar-refractivity contribution in [1.82, 2.24) is 3.97 Å². The number of fused-ring (bicyclic) bond motifs is 1. The molecule has 7 heteroatoms. The number of nitrogens with zero attached hydrogens (tertiary/aromatic N) is 1. The van der Waals surface area contributed by atoms with Crippen LogP contribution in [0.15, 0.2) is 36.5 Å². The van der Waals surface area contributed by atoms with Crippen molar-refractivity contribution >= 4 is 21.8 Å². The number of ether oxygens (including phenoxy) is 1. The van der Waals surface area contributed by atoms with E-state index in [9.17, 15) is 18.0 Å². The van der Waals surface area contributed by atoms with E-state index in [2.05, 4.69) is 0 Å². The normalized spacial score (nSPS) is 13.8. The van der Waals surface area contributed by atoms with E-state index in [-0.39, 0.29) is 30.3 Å². The molecule has 0 bridgehead atoms. The highest BCUT2D eigenvalue weighted by atomic mass is 32.2. The van der Waals surface area contributed by atoms with Gasteiger partial charge in [0.1, 0.15) is 5.69 Å². The highest BCUT2D eigenvalue weighted by molar-refractivity contribution is 7.89. The van der Waals surface area contributed by atoms with Crippen molar-refractivity contribution in [1.29, 1.82) is 0 Å². The third-order valence-electron chi connectivity index (χ3n) is 3.94. The monoisotopic (exact) mass is 347 g/mol. The number of Topliss-reactive ketones (excluding diaryl/α,β-unsaturated/α-hetero) is 1. The third kappa shape index (κ3) is 2.87. The van der Waals surface area contributed by atoms with Crippen LogP contribution in [0.4, 0.5) is 0 Å². The maximum absolute atomic E-state index is 12.8. The molecule has 1 aliphatic rings. The van der Waals surface area contributed by atoms with Crippen LogP contribution in [-0.4, -0.2) is 30.7 Å². The number of hydrogen-bond donors (Lipinski definition) is 0. The first kappa shape index (κ1) is 16.4. The van der Waals surface area contributed by atoms with Gasteiger partial charge in [-0.1, -0.05) is 30.3 Å². The Labute approximate surface area is 140 Å². The van der Waals surface area contributed by atoms with Crippen LogP contribution in [0.2, 0.25) is 0 Å². The van der Waals surface area contributed by atoms with Crippen molar-refractivity contribution in [3.63, 3.8) is 0 Å². The smallest absolute Gasteiger partial charge is 0.356 e. The molecule has 1 aromatic carbocycles. The van der Waals surface area contributed by atoms with Crippen LogP contribution in [0, 0.1) is 0 Å². The maximum atomic E-state index is 12.8. The molecule has 3 rings (SSSR count). The van der Waals surface area contributed by atoms with Crippen LogP contribution >= 0.6 is 0 Å². The summed E-state index contributed by atoms with van der Waals surface area (Å²) in [6, 6.07) is 8.68. The van der Waals surface area contributed by atoms with E-state index >= 15 is 0 Å². The van der Waals surface area contributed by atoms with Crippen LogP contribution in [-0.2, 0) is 26.9 Å². The number of rotatable bonds is 5. The molecule has 0 spiro atoms. The van der Waals surface area contributed by atoms with Gasteiger partial charge in [-0.15, -0.1) is 0 Å². The van der Waals surface area contributed by atoms with Crippen molar-refractivity contribution < 1.29 is 22.7 Å². The molecule has 6 nitrogen and oxygen atoms in total. The second-order valence-electron chi connectivity index (χ2n) is 5.55. The first-order valence-corrected chi connectivity index (χ1v) is 9.26. The highest BCUT2D eigenvalue weighted by Crippen LogP contribution is 2.30. The first-order valence-electron chi connectivity index (χ1n) is 7.65. The predicted molar refractivity (Wildman–Crippen MR) is 87.5 cm³/mol. The van der Waals surface area contributed by atoms with Crippen LogP contribution in [0.5, 0.6) is 0 Å². The molecule has 0 saturated heterocycles. The SMILES string of the molecule is CCOC(=O)c1c2c(cn1S(=O)(=O)Cc1ccccc1)C(=O)CC2. The standard InChI is InChI=1S/C17H17NO5S/c1-2-23-17(20)16-13-8-9-15(19)14(13)10-18(16)24(21,22)11-12-6-4-3-5-7-12/h3-7,10H,2,8-9,11H2,1H3. The summed E-state index contributed by atoms with van der Waals surface area (Å²) in [6.07, 6.45) is 1.90. The summed E-state index contributed by atoms with van der Waals surface area (Å²) in [4.78, 5) is 24.2. The van der Waals surface area contributed by atoms with Crippen LogP contribution < -0.4 is 0 Å². The molecule has 0 aliphatic heterocycles. The molecule has 0 atom stereocenters. The molecule has 0 fully saturated rings. The van der Waals surface area contributed by atoms with Crippen molar-refractivity contribution in [2.45, 2.75) is 25.5 Å². The van der Waals surface area contributed by atoms with Gasteiger partial charge in [0.05, 0.1) is 12.4 Å². The second kappa shape index (κ2) is 6.24. The molecule has 2 aromatic rings. The van der Waals surface area contributed by atoms with Crippen LogP contribution in [0.25, 0.3) is 0 Å². The first-order chi connectivity index (χ1) is 11.4. The van der Waals surface area contributed by atoms with E-state index in [1.165, 1.54) is 6.20 Å². The Bertz CT molecular complexity index is 897. The Kier molecular flexibility index (Phi) is 4.28. The second-order valence-corrected chi connectivity index (χ2v) is 7.40. The van der Waals surface area contributed by atoms with Crippen LogP contribution in [0.1, 0.15) is 45.3 Å². The van der Waals surface area contributed by atoms with Gasteiger partial charge >= 0.3 is 5.97 Å². The van der Waals surface area contributed by atoms with Crippen molar-refractivity contribution in [2.24, 2.45) is 0 Å². The average molecular weight is 347 g/mol. The quantitative estimate of drug-likeness (QED) is 0.774. The molecule has 1 aromatic heterocycles. The lowest BCUT2D eigenvalue weighted by atomic mass is 10.2. The Morgan fingerprint density at radius 2 is 1.92 bits per heavy atom. The van der Waals surface area contributed by atoms with Gasteiger partial charge in [0, 0.05) is 18.2 Å². The Morgan fingerprint density at radius 3 is 2.58 bits per heavy atom. The summed E-state index contributed by atoms with van der Waals surface area (Å²) in [5, 5.41) is 0. The van der Waals surface area contributed by atoms with Crippen LogP contribution in [0.3, 0.4) is 0 Å². The third-order valence-corrected chi connectivity index (χ3v) is 5.53. The zero-order chi connectivity index (χ0) is 17.3. The summed E-state index contributed by atoms with van der Waals surface area (Å²) >= 11 is 0. The molecule has 0 unspecified atom stereocenters. The molecule has 0 radical (unpaired) electrons. The highest BCUT2D eigenvalue weighted by Gasteiger charge is 2.34. The molecule has 1 aliphatic carbocycles. The Balaban J connectivity index is 2.08. The molecule has 0 amide bonds. The minimum Gasteiger partial charge on any atom is -0.461 e. The number of esters is 1. The Hall–Kier alpha value is -2.41. The summed E-state index contributed by atoms with van der Waals surface area (Å²) in [7, 11) is -3.85. The van der Waals surface area contributed by atoms with Gasteiger partial charge in [0.15, 0.2) is 5.78 Å². The molecule has 0 saturated carbocycles. The molecular formula is C17H17NO5S. The molecule has 24 heavy (non-hydrogen) atoms. The van der Waals surface area contributed by atoms with E-state index in [4.69, 9.17) is 4.74 Å². The summed E-state index contributed by atoms with van der Waals surface area (Å²) in [6.45, 7) is 1.78. The largest absolute Gasteiger partial charge is 0.461 e. The lowest BCUT2D eigenvalue weighted by Crippen LogP contribution is -2.21. The predicted octanol–water partition coefficient (Wildman–Crippen LogP) is 2.17. The number of benzene rings is 1.